The second kappa shape index (κ2) is 10.7. The number of thiazole rings is 1. The molecular formula is C20H17Cl2N3O3S2. The number of hydrogen-bond donors (Lipinski definition) is 2. The summed E-state index contributed by atoms with van der Waals surface area (Å²) < 4.78 is 5.81. The quantitative estimate of drug-likeness (QED) is 0.422. The molecule has 0 unspecified atom stereocenters. The SMILES string of the molecule is COc1ccc(NC(=O)CSc2nc(CC(=O)Nc3ccc(Cl)c(Cl)c3)cs2)cc1. The summed E-state index contributed by atoms with van der Waals surface area (Å²) in [5.74, 6) is 0.585. The van der Waals surface area contributed by atoms with E-state index in [4.69, 9.17) is 27.9 Å². The fraction of sp³-hybridized carbons (Fsp3) is 0.150. The molecule has 0 saturated heterocycles. The van der Waals surface area contributed by atoms with Crippen LogP contribution in [-0.4, -0.2) is 29.7 Å². The molecule has 6 nitrogen and oxygen atoms in total. The van der Waals surface area contributed by atoms with E-state index in [2.05, 4.69) is 15.6 Å². The summed E-state index contributed by atoms with van der Waals surface area (Å²) in [4.78, 5) is 28.7. The van der Waals surface area contributed by atoms with E-state index >= 15 is 0 Å². The minimum atomic E-state index is -0.215. The molecule has 0 atom stereocenters. The van der Waals surface area contributed by atoms with Gasteiger partial charge in [-0.2, -0.15) is 0 Å². The van der Waals surface area contributed by atoms with Crippen LogP contribution in [0.25, 0.3) is 0 Å². The molecule has 156 valence electrons. The van der Waals surface area contributed by atoms with Gasteiger partial charge in [0.2, 0.25) is 11.8 Å². The van der Waals surface area contributed by atoms with Crippen LogP contribution in [0.15, 0.2) is 52.2 Å². The van der Waals surface area contributed by atoms with Gasteiger partial charge in [-0.25, -0.2) is 4.98 Å². The van der Waals surface area contributed by atoms with Crippen LogP contribution in [0.5, 0.6) is 5.75 Å². The lowest BCUT2D eigenvalue weighted by atomic mass is 10.3. The van der Waals surface area contributed by atoms with E-state index < -0.39 is 0 Å². The molecule has 0 aliphatic carbocycles. The van der Waals surface area contributed by atoms with Crippen LogP contribution in [0.4, 0.5) is 11.4 Å². The molecule has 2 amide bonds. The first kappa shape index (κ1) is 22.4. The van der Waals surface area contributed by atoms with Gasteiger partial charge < -0.3 is 15.4 Å². The number of methoxy groups -OCH3 is 1. The number of rotatable bonds is 8. The van der Waals surface area contributed by atoms with Crippen molar-refractivity contribution in [3.63, 3.8) is 0 Å². The second-order valence-corrected chi connectivity index (χ2v) is 8.92. The summed E-state index contributed by atoms with van der Waals surface area (Å²) in [7, 11) is 1.59. The van der Waals surface area contributed by atoms with Crippen molar-refractivity contribution in [3.8, 4) is 5.75 Å². The molecule has 3 aromatic rings. The van der Waals surface area contributed by atoms with Gasteiger partial charge in [-0.15, -0.1) is 11.3 Å². The lowest BCUT2D eigenvalue weighted by molar-refractivity contribution is -0.116. The zero-order valence-corrected chi connectivity index (χ0v) is 18.9. The third-order valence-corrected chi connectivity index (χ3v) is 6.59. The Kier molecular flexibility index (Phi) is 7.98. The summed E-state index contributed by atoms with van der Waals surface area (Å²) in [6, 6.07) is 12.0. The maximum atomic E-state index is 12.2. The molecule has 0 radical (unpaired) electrons. The third kappa shape index (κ3) is 6.63. The van der Waals surface area contributed by atoms with Gasteiger partial charge >= 0.3 is 0 Å². The van der Waals surface area contributed by atoms with Gasteiger partial charge in [0.25, 0.3) is 0 Å². The van der Waals surface area contributed by atoms with Crippen LogP contribution in [0.3, 0.4) is 0 Å². The number of anilines is 2. The number of nitrogens with one attached hydrogen (secondary N) is 2. The Hall–Kier alpha value is -2.26. The average molecular weight is 482 g/mol. The van der Waals surface area contributed by atoms with E-state index in [0.29, 0.717) is 27.1 Å². The largest absolute Gasteiger partial charge is 0.497 e. The van der Waals surface area contributed by atoms with Gasteiger partial charge in [0.05, 0.1) is 35.0 Å². The number of ether oxygens (including phenoxy) is 1. The molecule has 0 aliphatic rings. The summed E-state index contributed by atoms with van der Waals surface area (Å²) in [6.07, 6.45) is 0.120. The molecule has 0 bridgehead atoms. The minimum Gasteiger partial charge on any atom is -0.497 e. The summed E-state index contributed by atoms with van der Waals surface area (Å²) in [5.41, 5.74) is 1.89. The Morgan fingerprint density at radius 1 is 1.03 bits per heavy atom. The molecule has 0 spiro atoms. The molecule has 1 heterocycles. The van der Waals surface area contributed by atoms with Crippen LogP contribution in [0, 0.1) is 0 Å². The molecule has 0 aliphatic heterocycles. The lowest BCUT2D eigenvalue weighted by Crippen LogP contribution is -2.14. The van der Waals surface area contributed by atoms with E-state index in [-0.39, 0.29) is 24.0 Å². The highest BCUT2D eigenvalue weighted by Gasteiger charge is 2.11. The van der Waals surface area contributed by atoms with Gasteiger partial charge in [0, 0.05) is 16.8 Å². The second-order valence-electron chi connectivity index (χ2n) is 6.02. The van der Waals surface area contributed by atoms with Crippen molar-refractivity contribution in [2.75, 3.05) is 23.5 Å². The Morgan fingerprint density at radius 3 is 2.43 bits per heavy atom. The van der Waals surface area contributed by atoms with E-state index in [1.54, 1.807) is 55.0 Å². The van der Waals surface area contributed by atoms with Gasteiger partial charge in [0.1, 0.15) is 5.75 Å². The molecular weight excluding hydrogens is 465 g/mol. The average Bonchev–Trinajstić information content (AvgIpc) is 3.17. The number of carbonyl (C=O) groups is 2. The standard InChI is InChI=1S/C20H17Cl2N3O3S2/c1-28-15-5-2-12(3-6-15)23-19(27)11-30-20-25-14(10-29-20)9-18(26)24-13-4-7-16(21)17(22)8-13/h2-8,10H,9,11H2,1H3,(H,23,27)(H,24,26). The van der Waals surface area contributed by atoms with Crippen molar-refractivity contribution in [3.05, 3.63) is 63.6 Å². The van der Waals surface area contributed by atoms with Gasteiger partial charge in [-0.1, -0.05) is 35.0 Å². The van der Waals surface area contributed by atoms with Crippen LogP contribution < -0.4 is 15.4 Å². The third-order valence-electron chi connectivity index (χ3n) is 3.78. The van der Waals surface area contributed by atoms with Gasteiger partial charge in [0.15, 0.2) is 4.34 Å². The first-order valence-corrected chi connectivity index (χ1v) is 11.3. The maximum absolute atomic E-state index is 12.2. The molecule has 30 heavy (non-hydrogen) atoms. The molecule has 0 fully saturated rings. The topological polar surface area (TPSA) is 80.3 Å². The van der Waals surface area contributed by atoms with E-state index in [1.165, 1.54) is 23.1 Å². The molecule has 2 N–H and O–H groups in total. The predicted molar refractivity (Wildman–Crippen MR) is 123 cm³/mol. The van der Waals surface area contributed by atoms with Crippen molar-refractivity contribution in [2.24, 2.45) is 0 Å². The fourth-order valence-corrected chi connectivity index (χ4v) is 4.32. The normalized spacial score (nSPS) is 10.5. The Morgan fingerprint density at radius 2 is 1.73 bits per heavy atom. The number of aromatic nitrogens is 1. The van der Waals surface area contributed by atoms with Gasteiger partial charge in [-0.3, -0.25) is 9.59 Å². The molecule has 1 aromatic heterocycles. The van der Waals surface area contributed by atoms with Crippen LogP contribution in [-0.2, 0) is 16.0 Å². The van der Waals surface area contributed by atoms with Crippen molar-refractivity contribution < 1.29 is 14.3 Å². The zero-order chi connectivity index (χ0) is 21.5. The van der Waals surface area contributed by atoms with Gasteiger partial charge in [-0.05, 0) is 42.5 Å². The van der Waals surface area contributed by atoms with E-state index in [9.17, 15) is 9.59 Å². The number of hydrogen-bond acceptors (Lipinski definition) is 6. The maximum Gasteiger partial charge on any atom is 0.234 e. The lowest BCUT2D eigenvalue weighted by Gasteiger charge is -2.05. The van der Waals surface area contributed by atoms with Crippen LogP contribution in [0.2, 0.25) is 10.0 Å². The van der Waals surface area contributed by atoms with Crippen LogP contribution in [0.1, 0.15) is 5.69 Å². The first-order chi connectivity index (χ1) is 14.4. The zero-order valence-electron chi connectivity index (χ0n) is 15.8. The molecule has 2 aromatic carbocycles. The van der Waals surface area contributed by atoms with Crippen molar-refractivity contribution in [2.45, 2.75) is 10.8 Å². The highest BCUT2D eigenvalue weighted by atomic mass is 35.5. The monoisotopic (exact) mass is 481 g/mol. The number of nitrogens with zero attached hydrogens (tertiary/aromatic N) is 1. The smallest absolute Gasteiger partial charge is 0.234 e. The highest BCUT2D eigenvalue weighted by molar-refractivity contribution is 8.01. The van der Waals surface area contributed by atoms with Crippen molar-refractivity contribution in [1.82, 2.24) is 4.98 Å². The number of carbonyl (C=O) groups excluding carboxylic acids is 2. The van der Waals surface area contributed by atoms with Crippen molar-refractivity contribution >= 4 is 69.5 Å². The summed E-state index contributed by atoms with van der Waals surface area (Å²) in [5, 5.41) is 8.17. The highest BCUT2D eigenvalue weighted by Crippen LogP contribution is 2.26. The number of thioether (sulfide) groups is 1. The minimum absolute atomic E-state index is 0.120. The number of amides is 2. The summed E-state index contributed by atoms with van der Waals surface area (Å²) in [6.45, 7) is 0. The van der Waals surface area contributed by atoms with Crippen LogP contribution >= 0.6 is 46.3 Å². The predicted octanol–water partition coefficient (Wildman–Crippen LogP) is 5.37. The molecule has 3 rings (SSSR count). The fourth-order valence-electron chi connectivity index (χ4n) is 2.38. The summed E-state index contributed by atoms with van der Waals surface area (Å²) >= 11 is 14.5. The number of benzene rings is 2. The van der Waals surface area contributed by atoms with Crippen molar-refractivity contribution in [1.29, 1.82) is 0 Å². The molecule has 0 saturated carbocycles. The Balaban J connectivity index is 1.46. The Bertz CT molecular complexity index is 1040. The van der Waals surface area contributed by atoms with E-state index in [1.807, 2.05) is 0 Å². The first-order valence-electron chi connectivity index (χ1n) is 8.69. The Labute approximate surface area is 191 Å². The number of halogens is 2. The van der Waals surface area contributed by atoms with E-state index in [0.717, 1.165) is 10.1 Å². The molecule has 10 heteroatoms.